The van der Waals surface area contributed by atoms with Gasteiger partial charge < -0.3 is 20.9 Å². The van der Waals surface area contributed by atoms with Crippen LogP contribution in [0.25, 0.3) is 0 Å². The number of aromatic carboxylic acids is 1. The van der Waals surface area contributed by atoms with E-state index in [2.05, 4.69) is 11.4 Å². The molecule has 0 amide bonds. The van der Waals surface area contributed by atoms with Crippen molar-refractivity contribution < 1.29 is 14.6 Å². The zero-order valence-electron chi connectivity index (χ0n) is 13.6. The Hall–Kier alpha value is -3.98. The molecular formula is C20H15N3O3. The number of benzene rings is 3. The summed E-state index contributed by atoms with van der Waals surface area (Å²) in [6.45, 7) is 0. The molecule has 3 aromatic rings. The number of rotatable bonds is 5. The molecule has 0 fully saturated rings. The van der Waals surface area contributed by atoms with E-state index in [1.54, 1.807) is 54.6 Å². The van der Waals surface area contributed by atoms with Crippen LogP contribution >= 0.6 is 0 Å². The molecule has 3 rings (SSSR count). The van der Waals surface area contributed by atoms with Crippen molar-refractivity contribution in [2.24, 2.45) is 0 Å². The largest absolute Gasteiger partial charge is 0.478 e. The Balaban J connectivity index is 1.72. The van der Waals surface area contributed by atoms with Crippen LogP contribution in [0.15, 0.2) is 66.7 Å². The SMILES string of the molecule is N#Cc1ccc(Oc2ccc(Nc3cc(C(=O)O)ccc3N)cc2)cc1. The molecule has 0 aliphatic rings. The molecular weight excluding hydrogens is 330 g/mol. The summed E-state index contributed by atoms with van der Waals surface area (Å²) in [5.41, 5.74) is 8.33. The van der Waals surface area contributed by atoms with E-state index in [0.29, 0.717) is 28.4 Å². The van der Waals surface area contributed by atoms with Crippen LogP contribution in [-0.4, -0.2) is 11.1 Å². The third kappa shape index (κ3) is 3.91. The van der Waals surface area contributed by atoms with Crippen molar-refractivity contribution >= 4 is 23.0 Å². The molecule has 6 nitrogen and oxygen atoms in total. The van der Waals surface area contributed by atoms with Crippen LogP contribution in [0.1, 0.15) is 15.9 Å². The van der Waals surface area contributed by atoms with Gasteiger partial charge in [0.05, 0.1) is 28.6 Å². The van der Waals surface area contributed by atoms with Crippen molar-refractivity contribution in [1.29, 1.82) is 5.26 Å². The van der Waals surface area contributed by atoms with Gasteiger partial charge in [-0.3, -0.25) is 0 Å². The van der Waals surface area contributed by atoms with Crippen molar-refractivity contribution in [2.45, 2.75) is 0 Å². The fourth-order valence-electron chi connectivity index (χ4n) is 2.29. The van der Waals surface area contributed by atoms with Gasteiger partial charge in [-0.15, -0.1) is 0 Å². The lowest BCUT2D eigenvalue weighted by atomic mass is 10.1. The molecule has 26 heavy (non-hydrogen) atoms. The second-order valence-corrected chi connectivity index (χ2v) is 5.49. The average molecular weight is 345 g/mol. The molecule has 3 aromatic carbocycles. The van der Waals surface area contributed by atoms with E-state index in [9.17, 15) is 4.79 Å². The molecule has 0 aromatic heterocycles. The fourth-order valence-corrected chi connectivity index (χ4v) is 2.29. The quantitative estimate of drug-likeness (QED) is 0.592. The third-order valence-electron chi connectivity index (χ3n) is 3.65. The minimum absolute atomic E-state index is 0.155. The summed E-state index contributed by atoms with van der Waals surface area (Å²) in [7, 11) is 0. The first kappa shape index (κ1) is 16.9. The number of nitrogens with zero attached hydrogens (tertiary/aromatic N) is 1. The molecule has 128 valence electrons. The van der Waals surface area contributed by atoms with Crippen molar-refractivity contribution in [3.05, 3.63) is 77.9 Å². The van der Waals surface area contributed by atoms with Crippen molar-refractivity contribution in [3.63, 3.8) is 0 Å². The van der Waals surface area contributed by atoms with E-state index >= 15 is 0 Å². The highest BCUT2D eigenvalue weighted by atomic mass is 16.5. The minimum atomic E-state index is -1.01. The molecule has 0 bridgehead atoms. The molecule has 0 aliphatic carbocycles. The number of nitriles is 1. The summed E-state index contributed by atoms with van der Waals surface area (Å²) in [4.78, 5) is 11.1. The van der Waals surface area contributed by atoms with Crippen molar-refractivity contribution in [1.82, 2.24) is 0 Å². The lowest BCUT2D eigenvalue weighted by Gasteiger charge is -2.11. The zero-order chi connectivity index (χ0) is 18.5. The fraction of sp³-hybridized carbons (Fsp3) is 0. The van der Waals surface area contributed by atoms with Gasteiger partial charge in [-0.1, -0.05) is 0 Å². The van der Waals surface area contributed by atoms with Gasteiger partial charge in [-0.25, -0.2) is 4.79 Å². The Labute approximate surface area is 150 Å². The monoisotopic (exact) mass is 345 g/mol. The van der Waals surface area contributed by atoms with Crippen LogP contribution in [0.3, 0.4) is 0 Å². The predicted molar refractivity (Wildman–Crippen MR) is 98.8 cm³/mol. The van der Waals surface area contributed by atoms with Gasteiger partial charge in [0, 0.05) is 5.69 Å². The lowest BCUT2D eigenvalue weighted by Crippen LogP contribution is -2.01. The Kier molecular flexibility index (Phi) is 4.72. The molecule has 0 unspecified atom stereocenters. The number of carboxylic acid groups (broad SMARTS) is 1. The van der Waals surface area contributed by atoms with Gasteiger partial charge in [-0.05, 0) is 66.7 Å². The van der Waals surface area contributed by atoms with Gasteiger partial charge >= 0.3 is 5.97 Å². The number of anilines is 3. The van der Waals surface area contributed by atoms with Crippen LogP contribution in [0.5, 0.6) is 11.5 Å². The number of nitrogen functional groups attached to an aromatic ring is 1. The summed E-state index contributed by atoms with van der Waals surface area (Å²) in [6.07, 6.45) is 0. The van der Waals surface area contributed by atoms with E-state index in [4.69, 9.17) is 20.8 Å². The van der Waals surface area contributed by atoms with Gasteiger partial charge in [0.2, 0.25) is 0 Å². The minimum Gasteiger partial charge on any atom is -0.478 e. The highest BCUT2D eigenvalue weighted by molar-refractivity contribution is 5.91. The second kappa shape index (κ2) is 7.28. The van der Waals surface area contributed by atoms with Crippen LogP contribution in [0.2, 0.25) is 0 Å². The normalized spacial score (nSPS) is 9.96. The Morgan fingerprint density at radius 3 is 2.19 bits per heavy atom. The summed E-state index contributed by atoms with van der Waals surface area (Å²) >= 11 is 0. The molecule has 0 aliphatic heterocycles. The van der Waals surface area contributed by atoms with Crippen molar-refractivity contribution in [3.8, 4) is 17.6 Å². The zero-order valence-corrected chi connectivity index (χ0v) is 13.6. The number of nitrogens with two attached hydrogens (primary N) is 1. The first-order valence-electron chi connectivity index (χ1n) is 7.73. The van der Waals surface area contributed by atoms with E-state index < -0.39 is 5.97 Å². The first-order valence-corrected chi connectivity index (χ1v) is 7.73. The Bertz CT molecular complexity index is 975. The van der Waals surface area contributed by atoms with E-state index in [1.807, 2.05) is 0 Å². The molecule has 0 saturated heterocycles. The highest BCUT2D eigenvalue weighted by Crippen LogP contribution is 2.27. The third-order valence-corrected chi connectivity index (χ3v) is 3.65. The molecule has 0 saturated carbocycles. The summed E-state index contributed by atoms with van der Waals surface area (Å²) in [5, 5.41) is 21.0. The topological polar surface area (TPSA) is 108 Å². The number of hydrogen-bond donors (Lipinski definition) is 3. The van der Waals surface area contributed by atoms with Gasteiger partial charge in [0.1, 0.15) is 11.5 Å². The summed E-state index contributed by atoms with van der Waals surface area (Å²) < 4.78 is 5.72. The molecule has 4 N–H and O–H groups in total. The lowest BCUT2D eigenvalue weighted by molar-refractivity contribution is 0.0697. The Morgan fingerprint density at radius 2 is 1.62 bits per heavy atom. The number of carboxylic acids is 1. The van der Waals surface area contributed by atoms with E-state index in [0.717, 1.165) is 5.69 Å². The second-order valence-electron chi connectivity index (χ2n) is 5.49. The van der Waals surface area contributed by atoms with Crippen LogP contribution in [0.4, 0.5) is 17.1 Å². The molecule has 0 heterocycles. The maximum absolute atomic E-state index is 11.1. The predicted octanol–water partition coefficient (Wildman–Crippen LogP) is 4.37. The molecule has 0 atom stereocenters. The van der Waals surface area contributed by atoms with Gasteiger partial charge in [0.25, 0.3) is 0 Å². The number of hydrogen-bond acceptors (Lipinski definition) is 5. The van der Waals surface area contributed by atoms with E-state index in [-0.39, 0.29) is 5.56 Å². The molecule has 0 radical (unpaired) electrons. The maximum Gasteiger partial charge on any atom is 0.335 e. The van der Waals surface area contributed by atoms with E-state index in [1.165, 1.54) is 12.1 Å². The number of ether oxygens (including phenoxy) is 1. The standard InChI is InChI=1S/C20H15N3O3/c21-12-13-1-6-16(7-2-13)26-17-8-4-15(5-9-17)23-19-11-14(20(24)25)3-10-18(19)22/h1-11,23H,22H2,(H,24,25). The highest BCUT2D eigenvalue weighted by Gasteiger charge is 2.07. The van der Waals surface area contributed by atoms with Gasteiger partial charge in [-0.2, -0.15) is 5.26 Å². The number of carbonyl (C=O) groups is 1. The van der Waals surface area contributed by atoms with Gasteiger partial charge in [0.15, 0.2) is 0 Å². The van der Waals surface area contributed by atoms with Crippen LogP contribution < -0.4 is 15.8 Å². The van der Waals surface area contributed by atoms with Crippen LogP contribution in [-0.2, 0) is 0 Å². The summed E-state index contributed by atoms with van der Waals surface area (Å²) in [5.74, 6) is 0.245. The van der Waals surface area contributed by atoms with Crippen LogP contribution in [0, 0.1) is 11.3 Å². The van der Waals surface area contributed by atoms with Crippen molar-refractivity contribution in [2.75, 3.05) is 11.1 Å². The first-order chi connectivity index (χ1) is 12.5. The molecule has 0 spiro atoms. The maximum atomic E-state index is 11.1. The average Bonchev–Trinajstić information content (AvgIpc) is 2.65. The smallest absolute Gasteiger partial charge is 0.335 e. The molecule has 6 heteroatoms. The summed E-state index contributed by atoms with van der Waals surface area (Å²) in [6, 6.07) is 20.5. The number of nitrogens with one attached hydrogen (secondary N) is 1. The Morgan fingerprint density at radius 1 is 1.00 bits per heavy atom.